The minimum Gasteiger partial charge on any atom is -0.348 e. The van der Waals surface area contributed by atoms with Crippen molar-refractivity contribution in [2.45, 2.75) is 45.7 Å². The van der Waals surface area contributed by atoms with Gasteiger partial charge in [0.15, 0.2) is 0 Å². The lowest BCUT2D eigenvalue weighted by Gasteiger charge is -2.31. The van der Waals surface area contributed by atoms with Crippen LogP contribution < -0.4 is 16.8 Å². The molecule has 0 radical (unpaired) electrons. The molecule has 4 heteroatoms. The van der Waals surface area contributed by atoms with Gasteiger partial charge in [-0.05, 0) is 26.2 Å². The maximum atomic E-state index is 11.4. The summed E-state index contributed by atoms with van der Waals surface area (Å²) < 4.78 is 0. The molecule has 0 aromatic heterocycles. The SMILES string of the molecule is CC(C)CC(C)(CN)NC(=O)[C@H](C)N. The normalized spacial score (nSPS) is 17.6. The number of nitrogens with two attached hydrogens (primary N) is 2. The summed E-state index contributed by atoms with van der Waals surface area (Å²) in [7, 11) is 0. The first-order valence-electron chi connectivity index (χ1n) is 5.08. The molecule has 0 saturated carbocycles. The molecule has 0 bridgehead atoms. The molecule has 0 aliphatic carbocycles. The molecule has 14 heavy (non-hydrogen) atoms. The zero-order valence-corrected chi connectivity index (χ0v) is 9.63. The number of nitrogens with one attached hydrogen (secondary N) is 1. The summed E-state index contributed by atoms with van der Waals surface area (Å²) in [5, 5.41) is 2.88. The van der Waals surface area contributed by atoms with E-state index in [1.165, 1.54) is 0 Å². The van der Waals surface area contributed by atoms with Gasteiger partial charge < -0.3 is 16.8 Å². The fourth-order valence-electron chi connectivity index (χ4n) is 1.50. The van der Waals surface area contributed by atoms with Crippen LogP contribution in [0.2, 0.25) is 0 Å². The van der Waals surface area contributed by atoms with Crippen LogP contribution >= 0.6 is 0 Å². The van der Waals surface area contributed by atoms with Gasteiger partial charge in [-0.3, -0.25) is 4.79 Å². The summed E-state index contributed by atoms with van der Waals surface area (Å²) in [6.45, 7) is 8.26. The lowest BCUT2D eigenvalue weighted by atomic mass is 9.90. The lowest BCUT2D eigenvalue weighted by molar-refractivity contribution is -0.123. The maximum Gasteiger partial charge on any atom is 0.237 e. The summed E-state index contributed by atoms with van der Waals surface area (Å²) in [4.78, 5) is 11.4. The largest absolute Gasteiger partial charge is 0.348 e. The Morgan fingerprint density at radius 2 is 1.93 bits per heavy atom. The van der Waals surface area contributed by atoms with Gasteiger partial charge in [0.2, 0.25) is 5.91 Å². The fraction of sp³-hybridized carbons (Fsp3) is 0.900. The average Bonchev–Trinajstić information content (AvgIpc) is 2.02. The van der Waals surface area contributed by atoms with Crippen molar-refractivity contribution in [1.29, 1.82) is 0 Å². The summed E-state index contributed by atoms with van der Waals surface area (Å²) in [6.07, 6.45) is 0.863. The van der Waals surface area contributed by atoms with E-state index in [-0.39, 0.29) is 11.4 Å². The van der Waals surface area contributed by atoms with Gasteiger partial charge in [-0.1, -0.05) is 13.8 Å². The van der Waals surface area contributed by atoms with Gasteiger partial charge in [0.25, 0.3) is 0 Å². The van der Waals surface area contributed by atoms with Crippen LogP contribution in [-0.4, -0.2) is 24.0 Å². The number of carbonyl (C=O) groups excluding carboxylic acids is 1. The van der Waals surface area contributed by atoms with Gasteiger partial charge >= 0.3 is 0 Å². The number of hydrogen-bond donors (Lipinski definition) is 3. The van der Waals surface area contributed by atoms with Gasteiger partial charge in [0.1, 0.15) is 0 Å². The second kappa shape index (κ2) is 5.32. The van der Waals surface area contributed by atoms with Crippen LogP contribution in [0.5, 0.6) is 0 Å². The quantitative estimate of drug-likeness (QED) is 0.595. The Balaban J connectivity index is 4.32. The minimum atomic E-state index is -0.479. The predicted molar refractivity (Wildman–Crippen MR) is 58.7 cm³/mol. The van der Waals surface area contributed by atoms with E-state index in [0.29, 0.717) is 12.5 Å². The van der Waals surface area contributed by atoms with Crippen LogP contribution in [0.4, 0.5) is 0 Å². The van der Waals surface area contributed by atoms with Gasteiger partial charge in [0.05, 0.1) is 6.04 Å². The second-order valence-corrected chi connectivity index (χ2v) is 4.64. The van der Waals surface area contributed by atoms with Crippen molar-refractivity contribution in [3.05, 3.63) is 0 Å². The van der Waals surface area contributed by atoms with Gasteiger partial charge in [-0.2, -0.15) is 0 Å². The average molecular weight is 201 g/mol. The van der Waals surface area contributed by atoms with Gasteiger partial charge in [-0.15, -0.1) is 0 Å². The molecular weight excluding hydrogens is 178 g/mol. The first-order chi connectivity index (χ1) is 6.30. The van der Waals surface area contributed by atoms with E-state index in [2.05, 4.69) is 19.2 Å². The third-order valence-electron chi connectivity index (χ3n) is 2.15. The van der Waals surface area contributed by atoms with E-state index in [9.17, 15) is 4.79 Å². The third-order valence-corrected chi connectivity index (χ3v) is 2.15. The molecule has 0 aliphatic heterocycles. The Kier molecular flexibility index (Phi) is 5.08. The Morgan fingerprint density at radius 1 is 1.43 bits per heavy atom. The second-order valence-electron chi connectivity index (χ2n) is 4.64. The zero-order valence-electron chi connectivity index (χ0n) is 9.63. The smallest absolute Gasteiger partial charge is 0.237 e. The van der Waals surface area contributed by atoms with Crippen LogP contribution in [0, 0.1) is 5.92 Å². The molecule has 1 unspecified atom stereocenters. The molecular formula is C10H23N3O. The van der Waals surface area contributed by atoms with Crippen LogP contribution in [0.15, 0.2) is 0 Å². The highest BCUT2D eigenvalue weighted by Gasteiger charge is 2.26. The first kappa shape index (κ1) is 13.4. The van der Waals surface area contributed by atoms with Crippen molar-refractivity contribution in [1.82, 2.24) is 5.32 Å². The monoisotopic (exact) mass is 201 g/mol. The topological polar surface area (TPSA) is 81.1 Å². The molecule has 4 nitrogen and oxygen atoms in total. The summed E-state index contributed by atoms with van der Waals surface area (Å²) >= 11 is 0. The molecule has 0 aromatic rings. The number of hydrogen-bond acceptors (Lipinski definition) is 3. The maximum absolute atomic E-state index is 11.4. The third kappa shape index (κ3) is 4.58. The van der Waals surface area contributed by atoms with E-state index in [0.717, 1.165) is 6.42 Å². The van der Waals surface area contributed by atoms with Crippen molar-refractivity contribution >= 4 is 5.91 Å². The van der Waals surface area contributed by atoms with E-state index >= 15 is 0 Å². The number of carbonyl (C=O) groups is 1. The summed E-state index contributed by atoms with van der Waals surface area (Å²) in [5.41, 5.74) is 10.8. The molecule has 0 aliphatic rings. The van der Waals surface area contributed by atoms with Gasteiger partial charge in [-0.25, -0.2) is 0 Å². The zero-order chi connectivity index (χ0) is 11.4. The summed E-state index contributed by atoms with van der Waals surface area (Å²) in [6, 6.07) is -0.479. The highest BCUT2D eigenvalue weighted by atomic mass is 16.2. The Morgan fingerprint density at radius 3 is 2.21 bits per heavy atom. The van der Waals surface area contributed by atoms with Crippen molar-refractivity contribution in [3.63, 3.8) is 0 Å². The minimum absolute atomic E-state index is 0.140. The molecule has 0 aromatic carbocycles. The van der Waals surface area contributed by atoms with Gasteiger partial charge in [0, 0.05) is 12.1 Å². The van der Waals surface area contributed by atoms with Crippen molar-refractivity contribution in [2.24, 2.45) is 17.4 Å². The summed E-state index contributed by atoms with van der Waals surface area (Å²) in [5.74, 6) is 0.357. The molecule has 5 N–H and O–H groups in total. The first-order valence-corrected chi connectivity index (χ1v) is 5.08. The highest BCUT2D eigenvalue weighted by Crippen LogP contribution is 2.15. The number of rotatable bonds is 5. The van der Waals surface area contributed by atoms with Crippen molar-refractivity contribution in [3.8, 4) is 0 Å². The van der Waals surface area contributed by atoms with E-state index < -0.39 is 6.04 Å². The number of amides is 1. The van der Waals surface area contributed by atoms with Crippen molar-refractivity contribution < 1.29 is 4.79 Å². The van der Waals surface area contributed by atoms with Crippen LogP contribution in [-0.2, 0) is 4.79 Å². The molecule has 84 valence electrons. The lowest BCUT2D eigenvalue weighted by Crippen LogP contribution is -2.55. The Bertz CT molecular complexity index is 192. The molecule has 0 heterocycles. The molecule has 0 fully saturated rings. The standard InChI is InChI=1S/C10H23N3O/c1-7(2)5-10(4,6-11)13-9(14)8(3)12/h7-8H,5-6,11-12H2,1-4H3,(H,13,14)/t8-,10?/m0/s1. The molecule has 0 rings (SSSR count). The molecule has 0 spiro atoms. The predicted octanol–water partition coefficient (Wildman–Crippen LogP) is 0.213. The van der Waals surface area contributed by atoms with E-state index in [4.69, 9.17) is 11.5 Å². The fourth-order valence-corrected chi connectivity index (χ4v) is 1.50. The molecule has 2 atom stereocenters. The Labute approximate surface area is 86.4 Å². The Hall–Kier alpha value is -0.610. The van der Waals surface area contributed by atoms with Crippen LogP contribution in [0.25, 0.3) is 0 Å². The molecule has 1 amide bonds. The highest BCUT2D eigenvalue weighted by molar-refractivity contribution is 5.81. The van der Waals surface area contributed by atoms with Crippen molar-refractivity contribution in [2.75, 3.05) is 6.54 Å². The van der Waals surface area contributed by atoms with Crippen LogP contribution in [0.1, 0.15) is 34.1 Å². The van der Waals surface area contributed by atoms with Crippen LogP contribution in [0.3, 0.4) is 0 Å². The van der Waals surface area contributed by atoms with E-state index in [1.807, 2.05) is 6.92 Å². The van der Waals surface area contributed by atoms with E-state index in [1.54, 1.807) is 6.92 Å². The molecule has 0 saturated heterocycles.